The van der Waals surface area contributed by atoms with Crippen molar-refractivity contribution in [2.45, 2.75) is 40.5 Å². The fraction of sp³-hybridized carbons (Fsp3) is 0.115. The van der Waals surface area contributed by atoms with E-state index >= 15 is 0 Å². The second-order valence-electron chi connectivity index (χ2n) is 17.7. The normalized spacial score (nSPS) is 14.4. The summed E-state index contributed by atoms with van der Waals surface area (Å²) in [6.45, 7) is 10.9. The Kier molecular flexibility index (Phi) is 7.75. The number of benzene rings is 8. The molecular formula is C61H50N4O. The maximum absolute atomic E-state index is 9.09. The molecule has 0 bridgehead atoms. The number of fused-ring (bicyclic) bond motifs is 4. The molecule has 1 unspecified atom stereocenters. The van der Waals surface area contributed by atoms with Gasteiger partial charge in [0.05, 0.1) is 47.1 Å². The van der Waals surface area contributed by atoms with Crippen molar-refractivity contribution in [2.24, 2.45) is 5.41 Å². The predicted octanol–water partition coefficient (Wildman–Crippen LogP) is 15.5. The molecule has 0 radical (unpaired) electrons. The molecule has 11 aromatic rings. The Hall–Kier alpha value is -8.02. The number of aryl methyl sites for hydroxylation is 1. The van der Waals surface area contributed by atoms with Crippen LogP contribution in [0, 0.1) is 18.7 Å². The average Bonchev–Trinajstić information content (AvgIpc) is 4.06. The fourth-order valence-corrected chi connectivity index (χ4v) is 8.90. The Morgan fingerprint density at radius 1 is 0.606 bits per heavy atom. The van der Waals surface area contributed by atoms with E-state index in [9.17, 15) is 0 Å². The van der Waals surface area contributed by atoms with Gasteiger partial charge in [0, 0.05) is 23.0 Å². The van der Waals surface area contributed by atoms with Gasteiger partial charge < -0.3 is 4.74 Å². The van der Waals surface area contributed by atoms with Gasteiger partial charge in [-0.05, 0) is 117 Å². The number of nitrogens with zero attached hydrogens (tertiary/aromatic N) is 4. The Morgan fingerprint density at radius 2 is 1.30 bits per heavy atom. The molecule has 0 spiro atoms. The first-order valence-corrected chi connectivity index (χ1v) is 22.0. The van der Waals surface area contributed by atoms with Crippen LogP contribution in [-0.2, 0) is 0 Å². The minimum absolute atomic E-state index is 0.0269. The van der Waals surface area contributed by atoms with E-state index < -0.39 is 60.4 Å². The van der Waals surface area contributed by atoms with E-state index in [0.717, 1.165) is 44.3 Å². The Balaban J connectivity index is 1.08. The number of ether oxygens (including phenoxy) is 1. The van der Waals surface area contributed by atoms with Crippen LogP contribution in [0.2, 0.25) is 0 Å². The lowest BCUT2D eigenvalue weighted by Gasteiger charge is -2.27. The average molecular weight is 865 g/mol. The van der Waals surface area contributed by atoms with Crippen molar-refractivity contribution in [1.82, 2.24) is 14.1 Å². The molecule has 1 atom stereocenters. The van der Waals surface area contributed by atoms with Gasteiger partial charge in [0.1, 0.15) is 17.3 Å². The summed E-state index contributed by atoms with van der Waals surface area (Å²) >= 11 is 0. The van der Waals surface area contributed by atoms with E-state index in [-0.39, 0.29) is 39.3 Å². The van der Waals surface area contributed by atoms with Gasteiger partial charge in [0.15, 0.2) is 0 Å². The second-order valence-corrected chi connectivity index (χ2v) is 17.7. The molecule has 0 aliphatic heterocycles. The highest BCUT2D eigenvalue weighted by Crippen LogP contribution is 2.40. The zero-order chi connectivity index (χ0) is 53.6. The van der Waals surface area contributed by atoms with Gasteiger partial charge in [-0.2, -0.15) is 0 Å². The van der Waals surface area contributed by atoms with Crippen molar-refractivity contribution in [3.63, 3.8) is 0 Å². The third-order valence-electron chi connectivity index (χ3n) is 12.6. The lowest BCUT2D eigenvalue weighted by Crippen LogP contribution is -2.32. The minimum atomic E-state index is -0.566. The molecule has 0 fully saturated rings. The summed E-state index contributed by atoms with van der Waals surface area (Å²) in [7, 11) is 0. The number of para-hydroxylation sites is 2. The second kappa shape index (κ2) is 16.5. The van der Waals surface area contributed by atoms with Crippen molar-refractivity contribution in [2.75, 3.05) is 0 Å². The minimum Gasteiger partial charge on any atom is -0.458 e. The van der Waals surface area contributed by atoms with Crippen LogP contribution in [0.3, 0.4) is 0 Å². The monoisotopic (exact) mass is 864 g/mol. The first-order valence-electron chi connectivity index (χ1n) is 27.0. The van der Waals surface area contributed by atoms with Crippen molar-refractivity contribution >= 4 is 32.8 Å². The lowest BCUT2D eigenvalue weighted by atomic mass is 9.78. The van der Waals surface area contributed by atoms with Crippen molar-refractivity contribution in [1.29, 1.82) is 0 Å². The van der Waals surface area contributed by atoms with Crippen LogP contribution in [0.15, 0.2) is 206 Å². The Bertz CT molecular complexity index is 4030. The molecule has 8 aromatic carbocycles. The summed E-state index contributed by atoms with van der Waals surface area (Å²) < 4.78 is 100. The molecule has 0 aliphatic rings. The first kappa shape index (κ1) is 31.0. The molecule has 0 saturated heterocycles. The molecule has 3 aromatic heterocycles. The Morgan fingerprint density at radius 3 is 2.03 bits per heavy atom. The van der Waals surface area contributed by atoms with Crippen LogP contribution < -0.4 is 9.30 Å². The van der Waals surface area contributed by atoms with Crippen LogP contribution in [0.25, 0.3) is 83.4 Å². The van der Waals surface area contributed by atoms with E-state index in [1.54, 1.807) is 22.8 Å². The molecule has 320 valence electrons. The molecule has 5 nitrogen and oxygen atoms in total. The van der Waals surface area contributed by atoms with Crippen LogP contribution in [0.5, 0.6) is 11.5 Å². The molecule has 66 heavy (non-hydrogen) atoms. The number of hydrogen-bond donors (Lipinski definition) is 0. The molecule has 0 aliphatic carbocycles. The van der Waals surface area contributed by atoms with Crippen molar-refractivity contribution < 1.29 is 23.0 Å². The Labute approximate surface area is 400 Å². The lowest BCUT2D eigenvalue weighted by molar-refractivity contribution is -0.571. The number of hydrogen-bond acceptors (Lipinski definition) is 2. The number of rotatable bonds is 9. The maximum atomic E-state index is 9.09. The van der Waals surface area contributed by atoms with Crippen LogP contribution >= 0.6 is 0 Å². The quantitative estimate of drug-likeness (QED) is 0.107. The number of pyridine rings is 1. The summed E-state index contributed by atoms with van der Waals surface area (Å²) in [6, 6.07) is 40.1. The zero-order valence-corrected chi connectivity index (χ0v) is 37.1. The van der Waals surface area contributed by atoms with Gasteiger partial charge in [-0.25, -0.2) is 4.98 Å². The molecule has 5 heteroatoms. The highest BCUT2D eigenvalue weighted by molar-refractivity contribution is 6.10. The van der Waals surface area contributed by atoms with Crippen LogP contribution in [0.4, 0.5) is 0 Å². The fourth-order valence-electron chi connectivity index (χ4n) is 8.90. The van der Waals surface area contributed by atoms with Gasteiger partial charge in [0.2, 0.25) is 0 Å². The first-order chi connectivity index (χ1) is 36.3. The summed E-state index contributed by atoms with van der Waals surface area (Å²) in [4.78, 5) is 4.95. The van der Waals surface area contributed by atoms with Crippen molar-refractivity contribution in [3.05, 3.63) is 224 Å². The van der Waals surface area contributed by atoms with E-state index in [2.05, 4.69) is 87.1 Å². The topological polar surface area (TPSA) is 35.9 Å². The van der Waals surface area contributed by atoms with Crippen LogP contribution in [-0.4, -0.2) is 14.1 Å². The number of aromatic nitrogens is 4. The van der Waals surface area contributed by atoms with Crippen molar-refractivity contribution in [3.8, 4) is 62.1 Å². The highest BCUT2D eigenvalue weighted by Gasteiger charge is 2.24. The summed E-state index contributed by atoms with van der Waals surface area (Å²) in [5.41, 5.74) is 8.28. The van der Waals surface area contributed by atoms with Gasteiger partial charge in [-0.15, -0.1) is 0 Å². The molecule has 11 rings (SSSR count). The van der Waals surface area contributed by atoms with E-state index in [4.69, 9.17) is 23.4 Å². The SMILES string of the molecule is [2H]c1c([2H])c([2H])c(-c2cccc(-c3c([2H])c([2H])c([2H])c([2H])c3[2H])c2-[n+]2[c-]n(-c3cccc(Oc4ccc5c6cc(-c7ccccc7)ccc6n(-c6cc(C(C)C(C)(C)C)ccn6)c5c4)c3)c3cccc(C)c32)c([2H])c1[2H]. The van der Waals surface area contributed by atoms with Gasteiger partial charge in [0.25, 0.3) is 6.33 Å². The summed E-state index contributed by atoms with van der Waals surface area (Å²) in [6.07, 6.45) is 5.38. The standard InChI is InChI=1S/C61H50N4O/c1-41-18-15-29-56-59(41)64(60-51(44-21-11-7-12-22-44)27-17-28-52(60)45-23-13-8-14-24-45)40-63(56)48-25-16-26-49(38-48)66-50-31-32-53-54-36-47(43-19-9-6-10-20-43)30-33-55(54)65(57(53)39-50)58-37-46(34-35-62-58)42(2)61(3,4)5/h6-39,42H,1-5H3/i7D,8D,11D,12D,13D,14D,21D,22D,23D,24D. The molecule has 3 heterocycles. The summed E-state index contributed by atoms with van der Waals surface area (Å²) in [5.74, 6) is 2.15. The third kappa shape index (κ3) is 7.33. The van der Waals surface area contributed by atoms with E-state index in [1.807, 2.05) is 90.5 Å². The molecular weight excluding hydrogens is 805 g/mol. The molecule has 0 saturated carbocycles. The largest absolute Gasteiger partial charge is 0.458 e. The third-order valence-corrected chi connectivity index (χ3v) is 12.6. The summed E-state index contributed by atoms with van der Waals surface area (Å²) in [5, 5.41) is 2.10. The zero-order valence-electron chi connectivity index (χ0n) is 47.1. The molecule has 0 amide bonds. The maximum Gasteiger partial charge on any atom is 0.269 e. The van der Waals surface area contributed by atoms with Gasteiger partial charge in [-0.1, -0.05) is 167 Å². The molecule has 0 N–H and O–H groups in total. The van der Waals surface area contributed by atoms with E-state index in [0.29, 0.717) is 28.2 Å². The van der Waals surface area contributed by atoms with Gasteiger partial charge in [-0.3, -0.25) is 13.7 Å². The number of imidazole rings is 1. The smallest absolute Gasteiger partial charge is 0.269 e. The van der Waals surface area contributed by atoms with Gasteiger partial charge >= 0.3 is 0 Å². The predicted molar refractivity (Wildman–Crippen MR) is 271 cm³/mol. The highest BCUT2D eigenvalue weighted by atomic mass is 16.5. The van der Waals surface area contributed by atoms with Crippen LogP contribution in [0.1, 0.15) is 58.4 Å². The van der Waals surface area contributed by atoms with E-state index in [1.165, 1.54) is 5.56 Å².